The van der Waals surface area contributed by atoms with Crippen molar-refractivity contribution in [2.24, 2.45) is 0 Å². The number of anilines is 2. The van der Waals surface area contributed by atoms with Gasteiger partial charge in [0.15, 0.2) is 0 Å². The van der Waals surface area contributed by atoms with Crippen LogP contribution in [0.3, 0.4) is 0 Å². The van der Waals surface area contributed by atoms with Crippen LogP contribution in [-0.4, -0.2) is 64.1 Å². The molecule has 9 nitrogen and oxygen atoms in total. The van der Waals surface area contributed by atoms with Crippen LogP contribution in [0, 0.1) is 6.92 Å². The van der Waals surface area contributed by atoms with Crippen molar-refractivity contribution in [1.82, 2.24) is 19.9 Å². The van der Waals surface area contributed by atoms with Crippen molar-refractivity contribution in [3.63, 3.8) is 0 Å². The third-order valence-corrected chi connectivity index (χ3v) is 7.20. The molecule has 9 heteroatoms. The number of nitrogens with zero attached hydrogens (tertiary/aromatic N) is 5. The molecule has 2 amide bonds. The smallest absolute Gasteiger partial charge is 0.247 e. The monoisotopic (exact) mass is 526 g/mol. The molecular formula is C30H34N6O3. The third kappa shape index (κ3) is 6.09. The SMILES string of the molecule is CC[C@H](C(=O)Nc1ccc(N2CCOCC2)cc1)N(Cc1ccccc1C)C(=O)Cn1nnc2ccccc21. The van der Waals surface area contributed by atoms with Crippen molar-refractivity contribution < 1.29 is 14.3 Å². The lowest BCUT2D eigenvalue weighted by atomic mass is 10.1. The summed E-state index contributed by atoms with van der Waals surface area (Å²) in [7, 11) is 0. The van der Waals surface area contributed by atoms with E-state index in [1.807, 2.05) is 86.6 Å². The Labute approximate surface area is 228 Å². The van der Waals surface area contributed by atoms with Crippen LogP contribution in [0.4, 0.5) is 11.4 Å². The highest BCUT2D eigenvalue weighted by Gasteiger charge is 2.30. The van der Waals surface area contributed by atoms with Crippen molar-refractivity contribution >= 4 is 34.2 Å². The predicted molar refractivity (Wildman–Crippen MR) is 151 cm³/mol. The van der Waals surface area contributed by atoms with Gasteiger partial charge in [-0.2, -0.15) is 0 Å². The molecule has 1 aliphatic rings. The number of ether oxygens (including phenoxy) is 1. The maximum Gasteiger partial charge on any atom is 0.247 e. The molecule has 1 fully saturated rings. The summed E-state index contributed by atoms with van der Waals surface area (Å²) in [6.45, 7) is 7.37. The van der Waals surface area contributed by atoms with Crippen molar-refractivity contribution in [1.29, 1.82) is 0 Å². The molecule has 1 saturated heterocycles. The summed E-state index contributed by atoms with van der Waals surface area (Å²) >= 11 is 0. The van der Waals surface area contributed by atoms with E-state index in [0.29, 0.717) is 31.9 Å². The van der Waals surface area contributed by atoms with E-state index < -0.39 is 6.04 Å². The van der Waals surface area contributed by atoms with Crippen LogP contribution in [0.25, 0.3) is 11.0 Å². The average Bonchev–Trinajstić information content (AvgIpc) is 3.37. The average molecular weight is 527 g/mol. The number of aryl methyl sites for hydroxylation is 1. The maximum absolute atomic E-state index is 13.8. The van der Waals surface area contributed by atoms with Crippen LogP contribution in [-0.2, 0) is 27.4 Å². The number of para-hydroxylation sites is 1. The molecule has 0 unspecified atom stereocenters. The van der Waals surface area contributed by atoms with E-state index in [9.17, 15) is 9.59 Å². The number of morpholine rings is 1. The molecule has 202 valence electrons. The largest absolute Gasteiger partial charge is 0.378 e. The molecule has 1 aromatic heterocycles. The van der Waals surface area contributed by atoms with E-state index in [1.165, 1.54) is 0 Å². The molecule has 0 bridgehead atoms. The molecule has 39 heavy (non-hydrogen) atoms. The van der Waals surface area contributed by atoms with Crippen molar-refractivity contribution in [2.75, 3.05) is 36.5 Å². The van der Waals surface area contributed by atoms with E-state index in [0.717, 1.165) is 40.9 Å². The molecule has 4 aromatic rings. The van der Waals surface area contributed by atoms with Crippen LogP contribution < -0.4 is 10.2 Å². The minimum Gasteiger partial charge on any atom is -0.378 e. The van der Waals surface area contributed by atoms with Crippen LogP contribution in [0.5, 0.6) is 0 Å². The van der Waals surface area contributed by atoms with Crippen LogP contribution in [0.1, 0.15) is 24.5 Å². The van der Waals surface area contributed by atoms with Gasteiger partial charge in [0.2, 0.25) is 11.8 Å². The second-order valence-electron chi connectivity index (χ2n) is 9.74. The standard InChI is InChI=1S/C30H34N6O3/c1-3-27(30(38)31-24-12-14-25(15-13-24)34-16-18-39-19-17-34)35(20-23-9-5-4-8-22(23)2)29(37)21-36-28-11-7-6-10-26(28)32-33-36/h4-15,27H,3,16-21H2,1-2H3,(H,31,38)/t27-/m1/s1. The fourth-order valence-electron chi connectivity index (χ4n) is 4.95. The highest BCUT2D eigenvalue weighted by atomic mass is 16.5. The summed E-state index contributed by atoms with van der Waals surface area (Å²) in [5, 5.41) is 11.4. The Hall–Kier alpha value is -4.24. The highest BCUT2D eigenvalue weighted by Crippen LogP contribution is 2.21. The van der Waals surface area contributed by atoms with Crippen LogP contribution in [0.15, 0.2) is 72.8 Å². The minimum absolute atomic E-state index is 0.00950. The molecule has 0 spiro atoms. The number of aromatic nitrogens is 3. The summed E-state index contributed by atoms with van der Waals surface area (Å²) in [6, 6.07) is 22.6. The molecule has 1 atom stereocenters. The fourth-order valence-corrected chi connectivity index (χ4v) is 4.95. The Morgan fingerprint density at radius 1 is 1.00 bits per heavy atom. The molecule has 0 radical (unpaired) electrons. The molecule has 0 aliphatic carbocycles. The zero-order valence-electron chi connectivity index (χ0n) is 22.4. The third-order valence-electron chi connectivity index (χ3n) is 7.20. The quantitative estimate of drug-likeness (QED) is 0.354. The number of amides is 2. The summed E-state index contributed by atoms with van der Waals surface area (Å²) < 4.78 is 7.04. The first-order valence-electron chi connectivity index (χ1n) is 13.4. The van der Waals surface area contributed by atoms with Gasteiger partial charge in [0.1, 0.15) is 18.1 Å². The summed E-state index contributed by atoms with van der Waals surface area (Å²) in [4.78, 5) is 31.3. The summed E-state index contributed by atoms with van der Waals surface area (Å²) in [6.07, 6.45) is 0.466. The molecule has 5 rings (SSSR count). The van der Waals surface area contributed by atoms with Crippen molar-refractivity contribution in [3.05, 3.63) is 83.9 Å². The summed E-state index contributed by atoms with van der Waals surface area (Å²) in [5.41, 5.74) is 5.35. The number of hydrogen-bond donors (Lipinski definition) is 1. The molecule has 0 saturated carbocycles. The van der Waals surface area contributed by atoms with Gasteiger partial charge in [-0.15, -0.1) is 5.10 Å². The van der Waals surface area contributed by atoms with Gasteiger partial charge in [0, 0.05) is 31.0 Å². The lowest BCUT2D eigenvalue weighted by Crippen LogP contribution is -2.48. The molecule has 1 aliphatic heterocycles. The Bertz CT molecular complexity index is 1430. The predicted octanol–water partition coefficient (Wildman–Crippen LogP) is 4.02. The highest BCUT2D eigenvalue weighted by molar-refractivity contribution is 5.97. The van der Waals surface area contributed by atoms with Gasteiger partial charge in [0.05, 0.1) is 18.7 Å². The van der Waals surface area contributed by atoms with E-state index in [4.69, 9.17) is 4.74 Å². The fraction of sp³-hybridized carbons (Fsp3) is 0.333. The first-order chi connectivity index (χ1) is 19.0. The number of fused-ring (bicyclic) bond motifs is 1. The second kappa shape index (κ2) is 12.1. The first-order valence-corrected chi connectivity index (χ1v) is 13.4. The number of hydrogen-bond acceptors (Lipinski definition) is 6. The maximum atomic E-state index is 13.8. The number of nitrogens with one attached hydrogen (secondary N) is 1. The van der Waals surface area contributed by atoms with Gasteiger partial charge in [-0.1, -0.05) is 48.5 Å². The number of carbonyl (C=O) groups excluding carboxylic acids is 2. The molecule has 2 heterocycles. The van der Waals surface area contributed by atoms with Crippen molar-refractivity contribution in [3.8, 4) is 0 Å². The lowest BCUT2D eigenvalue weighted by molar-refractivity contribution is -0.140. The van der Waals surface area contributed by atoms with Gasteiger partial charge in [-0.3, -0.25) is 9.59 Å². The number of benzene rings is 3. The van der Waals surface area contributed by atoms with Crippen LogP contribution >= 0.6 is 0 Å². The summed E-state index contributed by atoms with van der Waals surface area (Å²) in [5.74, 6) is -0.416. The van der Waals surface area contributed by atoms with Crippen LogP contribution in [0.2, 0.25) is 0 Å². The Morgan fingerprint density at radius 2 is 1.72 bits per heavy atom. The van der Waals surface area contributed by atoms with Gasteiger partial charge >= 0.3 is 0 Å². The van der Waals surface area contributed by atoms with Crippen molar-refractivity contribution in [2.45, 2.75) is 39.4 Å². The van der Waals surface area contributed by atoms with Gasteiger partial charge < -0.3 is 19.9 Å². The Kier molecular flexibility index (Phi) is 8.17. The number of rotatable bonds is 9. The zero-order valence-corrected chi connectivity index (χ0v) is 22.4. The van der Waals surface area contributed by atoms with E-state index in [-0.39, 0.29) is 18.4 Å². The minimum atomic E-state index is -0.661. The molecule has 3 aromatic carbocycles. The normalized spacial score (nSPS) is 14.3. The Morgan fingerprint density at radius 3 is 2.46 bits per heavy atom. The second-order valence-corrected chi connectivity index (χ2v) is 9.74. The topological polar surface area (TPSA) is 92.6 Å². The van der Waals surface area contributed by atoms with Gasteiger partial charge in [-0.05, 0) is 60.9 Å². The molecular weight excluding hydrogens is 492 g/mol. The lowest BCUT2D eigenvalue weighted by Gasteiger charge is -2.31. The first kappa shape index (κ1) is 26.4. The van der Waals surface area contributed by atoms with Gasteiger partial charge in [-0.25, -0.2) is 4.68 Å². The Balaban J connectivity index is 1.36. The van der Waals surface area contributed by atoms with E-state index >= 15 is 0 Å². The van der Waals surface area contributed by atoms with E-state index in [2.05, 4.69) is 20.5 Å². The number of carbonyl (C=O) groups is 2. The van der Waals surface area contributed by atoms with E-state index in [1.54, 1.807) is 9.58 Å². The van der Waals surface area contributed by atoms with Gasteiger partial charge in [0.25, 0.3) is 0 Å². The molecule has 1 N–H and O–H groups in total. The zero-order chi connectivity index (χ0) is 27.2.